The molecule has 4 rings (SSSR count). The van der Waals surface area contributed by atoms with Crippen LogP contribution in [0.1, 0.15) is 15.9 Å². The second-order valence-corrected chi connectivity index (χ2v) is 6.60. The van der Waals surface area contributed by atoms with E-state index in [9.17, 15) is 14.4 Å². The van der Waals surface area contributed by atoms with Gasteiger partial charge in [0, 0.05) is 10.6 Å². The van der Waals surface area contributed by atoms with Crippen LogP contribution in [0.25, 0.3) is 0 Å². The molecule has 0 radical (unpaired) electrons. The third-order valence-electron chi connectivity index (χ3n) is 4.44. The molecule has 1 fully saturated rings. The summed E-state index contributed by atoms with van der Waals surface area (Å²) in [6.45, 7) is 1.91. The van der Waals surface area contributed by atoms with Crippen molar-refractivity contribution in [3.05, 3.63) is 64.7 Å². The molecular formula is C19H13ClN2O4. The van der Waals surface area contributed by atoms with E-state index < -0.39 is 29.6 Å². The maximum absolute atomic E-state index is 12.9. The highest BCUT2D eigenvalue weighted by Crippen LogP contribution is 2.34. The summed E-state index contributed by atoms with van der Waals surface area (Å²) in [5, 5.41) is 4.22. The molecule has 0 N–H and O–H groups in total. The Morgan fingerprint density at radius 2 is 1.69 bits per heavy atom. The summed E-state index contributed by atoms with van der Waals surface area (Å²) in [6.07, 6.45) is -1.10. The SMILES string of the molecule is Cc1ccc(N2C(=O)[C@H]3C(C(=O)c4ccc(Cl)cc4)=NO[C@H]3C2=O)cc1. The summed E-state index contributed by atoms with van der Waals surface area (Å²) in [5.74, 6) is -2.53. The van der Waals surface area contributed by atoms with Crippen molar-refractivity contribution in [1.29, 1.82) is 0 Å². The topological polar surface area (TPSA) is 76.0 Å². The Morgan fingerprint density at radius 3 is 2.35 bits per heavy atom. The van der Waals surface area contributed by atoms with Crippen molar-refractivity contribution in [1.82, 2.24) is 0 Å². The minimum absolute atomic E-state index is 0.0646. The van der Waals surface area contributed by atoms with Gasteiger partial charge in [0.05, 0.1) is 5.69 Å². The number of benzene rings is 2. The Bertz CT molecular complexity index is 951. The first kappa shape index (κ1) is 16.5. The van der Waals surface area contributed by atoms with Crippen LogP contribution in [0.5, 0.6) is 0 Å². The molecule has 0 aromatic heterocycles. The molecule has 26 heavy (non-hydrogen) atoms. The lowest BCUT2D eigenvalue weighted by Gasteiger charge is -2.15. The van der Waals surface area contributed by atoms with Crippen LogP contribution in [-0.4, -0.2) is 29.4 Å². The van der Waals surface area contributed by atoms with Crippen LogP contribution in [-0.2, 0) is 14.4 Å². The van der Waals surface area contributed by atoms with E-state index in [2.05, 4.69) is 5.16 Å². The quantitative estimate of drug-likeness (QED) is 0.616. The fourth-order valence-electron chi connectivity index (χ4n) is 3.06. The molecule has 0 bridgehead atoms. The molecule has 0 unspecified atom stereocenters. The van der Waals surface area contributed by atoms with Crippen molar-refractivity contribution in [3.8, 4) is 0 Å². The minimum Gasteiger partial charge on any atom is -0.381 e. The summed E-state index contributed by atoms with van der Waals surface area (Å²) >= 11 is 5.83. The first-order valence-electron chi connectivity index (χ1n) is 7.96. The van der Waals surface area contributed by atoms with E-state index in [4.69, 9.17) is 16.4 Å². The number of amides is 2. The predicted octanol–water partition coefficient (Wildman–Crippen LogP) is 2.78. The number of aryl methyl sites for hydroxylation is 1. The molecule has 2 amide bonds. The first-order valence-corrected chi connectivity index (χ1v) is 8.33. The molecule has 6 nitrogen and oxygen atoms in total. The van der Waals surface area contributed by atoms with Crippen LogP contribution < -0.4 is 4.90 Å². The van der Waals surface area contributed by atoms with E-state index in [1.165, 1.54) is 0 Å². The fourth-order valence-corrected chi connectivity index (χ4v) is 3.19. The van der Waals surface area contributed by atoms with Crippen molar-refractivity contribution < 1.29 is 19.2 Å². The minimum atomic E-state index is -1.10. The number of imide groups is 1. The molecule has 2 aliphatic heterocycles. The molecule has 1 saturated heterocycles. The molecule has 2 aliphatic rings. The van der Waals surface area contributed by atoms with Gasteiger partial charge in [-0.15, -0.1) is 0 Å². The molecule has 0 aliphatic carbocycles. The van der Waals surface area contributed by atoms with Crippen molar-refractivity contribution in [2.75, 3.05) is 4.90 Å². The number of carbonyl (C=O) groups is 3. The molecule has 0 spiro atoms. The molecule has 0 saturated carbocycles. The zero-order valence-corrected chi connectivity index (χ0v) is 14.4. The Hall–Kier alpha value is -2.99. The van der Waals surface area contributed by atoms with Crippen molar-refractivity contribution in [2.24, 2.45) is 11.1 Å². The summed E-state index contributed by atoms with van der Waals surface area (Å²) in [4.78, 5) is 44.4. The number of Topliss-reactive ketones (excluding diaryl/α,β-unsaturated/α-hetero) is 1. The number of rotatable bonds is 3. The van der Waals surface area contributed by atoms with Crippen LogP contribution in [0.4, 0.5) is 5.69 Å². The largest absolute Gasteiger partial charge is 0.381 e. The van der Waals surface area contributed by atoms with E-state index in [1.807, 2.05) is 6.92 Å². The van der Waals surface area contributed by atoms with Gasteiger partial charge in [-0.25, -0.2) is 4.90 Å². The van der Waals surface area contributed by atoms with Gasteiger partial charge in [-0.2, -0.15) is 0 Å². The lowest BCUT2D eigenvalue weighted by molar-refractivity contribution is -0.126. The van der Waals surface area contributed by atoms with Crippen LogP contribution >= 0.6 is 11.6 Å². The molecule has 7 heteroatoms. The van der Waals surface area contributed by atoms with Gasteiger partial charge < -0.3 is 4.84 Å². The van der Waals surface area contributed by atoms with E-state index in [1.54, 1.807) is 48.5 Å². The van der Waals surface area contributed by atoms with Gasteiger partial charge in [0.2, 0.25) is 17.8 Å². The average Bonchev–Trinajstić information content (AvgIpc) is 3.17. The van der Waals surface area contributed by atoms with Crippen molar-refractivity contribution in [3.63, 3.8) is 0 Å². The van der Waals surface area contributed by atoms with Crippen LogP contribution in [0.2, 0.25) is 5.02 Å². The monoisotopic (exact) mass is 368 g/mol. The predicted molar refractivity (Wildman–Crippen MR) is 95.3 cm³/mol. The van der Waals surface area contributed by atoms with Gasteiger partial charge in [-0.1, -0.05) is 34.5 Å². The summed E-state index contributed by atoms with van der Waals surface area (Å²) < 4.78 is 0. The number of oxime groups is 1. The second kappa shape index (κ2) is 6.07. The van der Waals surface area contributed by atoms with Crippen LogP contribution in [0, 0.1) is 12.8 Å². The van der Waals surface area contributed by atoms with E-state index in [0.29, 0.717) is 16.3 Å². The fraction of sp³-hybridized carbons (Fsp3) is 0.158. The highest BCUT2D eigenvalue weighted by molar-refractivity contribution is 6.52. The van der Waals surface area contributed by atoms with Crippen molar-refractivity contribution >= 4 is 40.6 Å². The highest BCUT2D eigenvalue weighted by Gasteiger charge is 2.57. The third-order valence-corrected chi connectivity index (χ3v) is 4.70. The molecule has 2 heterocycles. The highest BCUT2D eigenvalue weighted by atomic mass is 35.5. The van der Waals surface area contributed by atoms with Gasteiger partial charge in [0.15, 0.2) is 0 Å². The summed E-state index contributed by atoms with van der Waals surface area (Å²) in [6, 6.07) is 13.2. The Kier molecular flexibility index (Phi) is 3.85. The summed E-state index contributed by atoms with van der Waals surface area (Å²) in [7, 11) is 0. The van der Waals surface area contributed by atoms with Crippen LogP contribution in [0.15, 0.2) is 53.7 Å². The number of fused-ring (bicyclic) bond motifs is 1. The molecule has 130 valence electrons. The Balaban J connectivity index is 1.65. The standard InChI is InChI=1S/C19H13ClN2O4/c1-10-2-8-13(9-3-10)22-18(24)14-15(21-26-17(14)19(22)25)16(23)11-4-6-12(20)7-5-11/h2-9,14,17H,1H3/t14-,17+/m0/s1. The molecule has 2 atom stereocenters. The lowest BCUT2D eigenvalue weighted by atomic mass is 9.93. The maximum atomic E-state index is 12.9. The third kappa shape index (κ3) is 2.50. The van der Waals surface area contributed by atoms with E-state index in [-0.39, 0.29) is 5.71 Å². The zero-order chi connectivity index (χ0) is 18.4. The number of anilines is 1. The van der Waals surface area contributed by atoms with Gasteiger partial charge in [0.1, 0.15) is 11.6 Å². The van der Waals surface area contributed by atoms with Gasteiger partial charge in [-0.05, 0) is 43.3 Å². The number of ketones is 1. The zero-order valence-electron chi connectivity index (χ0n) is 13.7. The van der Waals surface area contributed by atoms with Crippen molar-refractivity contribution in [2.45, 2.75) is 13.0 Å². The summed E-state index contributed by atoms with van der Waals surface area (Å²) in [5.41, 5.74) is 1.71. The van der Waals surface area contributed by atoms with Crippen LogP contribution in [0.3, 0.4) is 0 Å². The molecule has 2 aromatic carbocycles. The van der Waals surface area contributed by atoms with Gasteiger partial charge in [0.25, 0.3) is 5.91 Å². The number of carbonyl (C=O) groups excluding carboxylic acids is 3. The molecule has 2 aromatic rings. The Labute approximate surface area is 154 Å². The number of hydrogen-bond donors (Lipinski definition) is 0. The maximum Gasteiger partial charge on any atom is 0.278 e. The Morgan fingerprint density at radius 1 is 1.04 bits per heavy atom. The lowest BCUT2D eigenvalue weighted by Crippen LogP contribution is -2.34. The van der Waals surface area contributed by atoms with E-state index >= 15 is 0 Å². The number of hydrogen-bond acceptors (Lipinski definition) is 5. The normalized spacial score (nSPS) is 21.5. The second-order valence-electron chi connectivity index (χ2n) is 6.16. The van der Waals surface area contributed by atoms with E-state index in [0.717, 1.165) is 10.5 Å². The first-order chi connectivity index (χ1) is 12.5. The van der Waals surface area contributed by atoms with Gasteiger partial charge in [-0.3, -0.25) is 14.4 Å². The average molecular weight is 369 g/mol. The molecular weight excluding hydrogens is 356 g/mol. The van der Waals surface area contributed by atoms with Gasteiger partial charge >= 0.3 is 0 Å². The number of nitrogens with zero attached hydrogens (tertiary/aromatic N) is 2. The number of halogens is 1. The smallest absolute Gasteiger partial charge is 0.278 e.